The number of hydrogen-bond acceptors (Lipinski definition) is 6. The first kappa shape index (κ1) is 20.5. The molecule has 3 rings (SSSR count). The van der Waals surface area contributed by atoms with Gasteiger partial charge in [0.15, 0.2) is 6.10 Å². The van der Waals surface area contributed by atoms with Crippen LogP contribution in [-0.2, 0) is 9.53 Å². The van der Waals surface area contributed by atoms with E-state index in [1.54, 1.807) is 60.7 Å². The zero-order valence-electron chi connectivity index (χ0n) is 15.9. The molecule has 1 atom stereocenters. The summed E-state index contributed by atoms with van der Waals surface area (Å²) in [6, 6.07) is 17.5. The van der Waals surface area contributed by atoms with E-state index in [-0.39, 0.29) is 5.56 Å². The fourth-order valence-corrected chi connectivity index (χ4v) is 2.46. The maximum atomic E-state index is 12.2. The van der Waals surface area contributed by atoms with Crippen molar-refractivity contribution in [3.8, 4) is 5.69 Å². The van der Waals surface area contributed by atoms with Gasteiger partial charge in [0.2, 0.25) is 0 Å². The van der Waals surface area contributed by atoms with Gasteiger partial charge in [0.05, 0.1) is 17.4 Å². The Morgan fingerprint density at radius 3 is 2.27 bits per heavy atom. The van der Waals surface area contributed by atoms with Crippen molar-refractivity contribution in [1.29, 1.82) is 0 Å². The Labute approximate surface area is 171 Å². The van der Waals surface area contributed by atoms with Crippen LogP contribution in [0, 0.1) is 0 Å². The van der Waals surface area contributed by atoms with Crippen molar-refractivity contribution in [3.05, 3.63) is 88.8 Å². The maximum Gasteiger partial charge on any atom is 0.340 e. The number of aromatic nitrogens is 2. The molecule has 3 aromatic rings. The number of anilines is 1. The van der Waals surface area contributed by atoms with Crippen molar-refractivity contribution in [3.63, 3.8) is 0 Å². The van der Waals surface area contributed by atoms with Gasteiger partial charge in [0.25, 0.3) is 11.5 Å². The van der Waals surface area contributed by atoms with E-state index in [0.717, 1.165) is 10.7 Å². The molecule has 1 aromatic heterocycles. The normalized spacial score (nSPS) is 11.2. The SMILES string of the molecule is CC(OC(=O)c1cnn(-c2ccccc2)c(=O)c1)C(=O)NC(=O)Nc1ccccc1. The number of nitrogens with one attached hydrogen (secondary N) is 2. The van der Waals surface area contributed by atoms with Crippen LogP contribution in [-0.4, -0.2) is 33.8 Å². The third-order valence-electron chi connectivity index (χ3n) is 3.96. The van der Waals surface area contributed by atoms with E-state index in [0.29, 0.717) is 11.4 Å². The molecule has 0 saturated carbocycles. The quantitative estimate of drug-likeness (QED) is 0.627. The van der Waals surface area contributed by atoms with Gasteiger partial charge in [0, 0.05) is 11.8 Å². The summed E-state index contributed by atoms with van der Waals surface area (Å²) in [6.07, 6.45) is -0.0979. The topological polar surface area (TPSA) is 119 Å². The van der Waals surface area contributed by atoms with Crippen molar-refractivity contribution in [1.82, 2.24) is 15.1 Å². The number of rotatable bonds is 5. The first-order chi connectivity index (χ1) is 14.4. The number of para-hydroxylation sites is 2. The molecule has 1 heterocycles. The molecule has 152 valence electrons. The summed E-state index contributed by atoms with van der Waals surface area (Å²) in [5.74, 6) is -1.73. The molecule has 0 radical (unpaired) electrons. The molecule has 2 aromatic carbocycles. The molecule has 9 heteroatoms. The summed E-state index contributed by atoms with van der Waals surface area (Å²) in [6.45, 7) is 1.31. The van der Waals surface area contributed by atoms with Gasteiger partial charge in [0.1, 0.15) is 0 Å². The lowest BCUT2D eigenvalue weighted by atomic mass is 10.3. The Kier molecular flexibility index (Phi) is 6.33. The highest BCUT2D eigenvalue weighted by Gasteiger charge is 2.21. The summed E-state index contributed by atoms with van der Waals surface area (Å²) in [5, 5.41) is 8.51. The molecule has 0 aliphatic heterocycles. The van der Waals surface area contributed by atoms with Crippen LogP contribution < -0.4 is 16.2 Å². The molecule has 30 heavy (non-hydrogen) atoms. The molecular weight excluding hydrogens is 388 g/mol. The van der Waals surface area contributed by atoms with Crippen molar-refractivity contribution in [2.75, 3.05) is 5.32 Å². The summed E-state index contributed by atoms with van der Waals surface area (Å²) < 4.78 is 6.16. The minimum atomic E-state index is -1.27. The van der Waals surface area contributed by atoms with E-state index < -0.39 is 29.6 Å². The van der Waals surface area contributed by atoms with Gasteiger partial charge in [-0.1, -0.05) is 36.4 Å². The molecule has 0 aliphatic rings. The van der Waals surface area contributed by atoms with Gasteiger partial charge in [-0.3, -0.25) is 14.9 Å². The number of ether oxygens (including phenoxy) is 1. The molecule has 0 saturated heterocycles. The van der Waals surface area contributed by atoms with Crippen molar-refractivity contribution in [2.24, 2.45) is 0 Å². The summed E-state index contributed by atoms with van der Waals surface area (Å²) >= 11 is 0. The van der Waals surface area contributed by atoms with Crippen LogP contribution in [0.5, 0.6) is 0 Å². The molecule has 0 aliphatic carbocycles. The van der Waals surface area contributed by atoms with Crippen molar-refractivity contribution in [2.45, 2.75) is 13.0 Å². The Balaban J connectivity index is 1.59. The van der Waals surface area contributed by atoms with Gasteiger partial charge < -0.3 is 10.1 Å². The molecule has 9 nitrogen and oxygen atoms in total. The van der Waals surface area contributed by atoms with Crippen LogP contribution in [0.15, 0.2) is 77.7 Å². The fraction of sp³-hybridized carbons (Fsp3) is 0.0952. The monoisotopic (exact) mass is 406 g/mol. The number of hydrogen-bond donors (Lipinski definition) is 2. The van der Waals surface area contributed by atoms with Gasteiger partial charge >= 0.3 is 12.0 Å². The lowest BCUT2D eigenvalue weighted by Crippen LogP contribution is -2.41. The molecule has 0 fully saturated rings. The predicted molar refractivity (Wildman–Crippen MR) is 108 cm³/mol. The molecule has 1 unspecified atom stereocenters. The zero-order chi connectivity index (χ0) is 21.5. The minimum absolute atomic E-state index is 0.111. The van der Waals surface area contributed by atoms with Crippen LogP contribution >= 0.6 is 0 Å². The lowest BCUT2D eigenvalue weighted by Gasteiger charge is -2.13. The first-order valence-electron chi connectivity index (χ1n) is 8.97. The number of benzene rings is 2. The van der Waals surface area contributed by atoms with E-state index in [1.165, 1.54) is 13.1 Å². The maximum absolute atomic E-state index is 12.2. The molecule has 0 spiro atoms. The number of imide groups is 1. The zero-order valence-corrected chi connectivity index (χ0v) is 15.9. The van der Waals surface area contributed by atoms with E-state index in [1.807, 2.05) is 0 Å². The van der Waals surface area contributed by atoms with Gasteiger partial charge in [-0.25, -0.2) is 9.59 Å². The van der Waals surface area contributed by atoms with Crippen LogP contribution in [0.4, 0.5) is 10.5 Å². The smallest absolute Gasteiger partial charge is 0.340 e. The second-order valence-corrected chi connectivity index (χ2v) is 6.19. The average Bonchev–Trinajstić information content (AvgIpc) is 2.74. The van der Waals surface area contributed by atoms with Crippen molar-refractivity contribution >= 4 is 23.6 Å². The lowest BCUT2D eigenvalue weighted by molar-refractivity contribution is -0.127. The average molecular weight is 406 g/mol. The highest BCUT2D eigenvalue weighted by molar-refractivity contribution is 6.03. The number of esters is 1. The van der Waals surface area contributed by atoms with Crippen LogP contribution in [0.2, 0.25) is 0 Å². The predicted octanol–water partition coefficient (Wildman–Crippen LogP) is 2.13. The second kappa shape index (κ2) is 9.28. The Hall–Kier alpha value is -4.27. The Morgan fingerprint density at radius 1 is 1.00 bits per heavy atom. The number of carbonyl (C=O) groups is 3. The minimum Gasteiger partial charge on any atom is -0.449 e. The fourth-order valence-electron chi connectivity index (χ4n) is 2.46. The second-order valence-electron chi connectivity index (χ2n) is 6.19. The van der Waals surface area contributed by atoms with E-state index in [9.17, 15) is 19.2 Å². The van der Waals surface area contributed by atoms with E-state index in [4.69, 9.17) is 4.74 Å². The van der Waals surface area contributed by atoms with E-state index >= 15 is 0 Å². The van der Waals surface area contributed by atoms with E-state index in [2.05, 4.69) is 15.7 Å². The third-order valence-corrected chi connectivity index (χ3v) is 3.96. The standard InChI is InChI=1S/C21H18N4O5/c1-14(19(27)24-21(29)23-16-8-4-2-5-9-16)30-20(28)15-12-18(26)25(22-13-15)17-10-6-3-7-11-17/h2-14H,1H3,(H2,23,24,27,29). The van der Waals surface area contributed by atoms with Gasteiger partial charge in [-0.05, 0) is 31.2 Å². The van der Waals surface area contributed by atoms with Crippen LogP contribution in [0.1, 0.15) is 17.3 Å². The highest BCUT2D eigenvalue weighted by Crippen LogP contribution is 2.06. The number of urea groups is 1. The van der Waals surface area contributed by atoms with Crippen molar-refractivity contribution < 1.29 is 19.1 Å². The first-order valence-corrected chi connectivity index (χ1v) is 8.97. The number of carbonyl (C=O) groups excluding carboxylic acids is 3. The summed E-state index contributed by atoms with van der Waals surface area (Å²) in [4.78, 5) is 48.4. The third kappa shape index (κ3) is 5.16. The van der Waals surface area contributed by atoms with Crippen LogP contribution in [0.25, 0.3) is 5.69 Å². The molecule has 0 bridgehead atoms. The molecule has 3 amide bonds. The summed E-state index contributed by atoms with van der Waals surface area (Å²) in [7, 11) is 0. The highest BCUT2D eigenvalue weighted by atomic mass is 16.5. The largest absolute Gasteiger partial charge is 0.449 e. The Bertz CT molecular complexity index is 1110. The number of nitrogens with zero attached hydrogens (tertiary/aromatic N) is 2. The number of amides is 3. The van der Waals surface area contributed by atoms with Gasteiger partial charge in [-0.15, -0.1) is 0 Å². The van der Waals surface area contributed by atoms with Gasteiger partial charge in [-0.2, -0.15) is 9.78 Å². The molecule has 2 N–H and O–H groups in total. The van der Waals surface area contributed by atoms with Crippen LogP contribution in [0.3, 0.4) is 0 Å². The molecular formula is C21H18N4O5. The Morgan fingerprint density at radius 2 is 1.63 bits per heavy atom. The summed E-state index contributed by atoms with van der Waals surface area (Å²) in [5.41, 5.74) is 0.396.